The van der Waals surface area contributed by atoms with E-state index in [1.165, 1.54) is 19.3 Å². The second-order valence-electron chi connectivity index (χ2n) is 4.40. The molecule has 0 aromatic rings. The Morgan fingerprint density at radius 3 is 2.73 bits per heavy atom. The minimum atomic E-state index is -0.843. The molecule has 1 atom stereocenters. The summed E-state index contributed by atoms with van der Waals surface area (Å²) < 4.78 is 0. The number of hydrogen-bond acceptors (Lipinski definition) is 3. The number of aliphatic hydroxyl groups excluding tert-OH is 1. The van der Waals surface area contributed by atoms with E-state index in [4.69, 9.17) is 0 Å². The van der Waals surface area contributed by atoms with E-state index in [0.29, 0.717) is 11.6 Å². The summed E-state index contributed by atoms with van der Waals surface area (Å²) in [6.45, 7) is 1.77. The lowest BCUT2D eigenvalue weighted by molar-refractivity contribution is -0.127. The number of nitrogens with zero attached hydrogens (tertiary/aromatic N) is 1. The summed E-state index contributed by atoms with van der Waals surface area (Å²) in [4.78, 5) is 13.2. The average molecular weight is 210 g/mol. The first kappa shape index (κ1) is 10.5. The van der Waals surface area contributed by atoms with Crippen LogP contribution in [-0.2, 0) is 4.79 Å². The van der Waals surface area contributed by atoms with Gasteiger partial charge in [0.15, 0.2) is 0 Å². The van der Waals surface area contributed by atoms with Crippen molar-refractivity contribution in [1.82, 2.24) is 10.2 Å². The molecule has 0 aromatic heterocycles. The molecule has 1 fully saturated rings. The molecule has 1 heterocycles. The molecule has 1 aliphatic heterocycles. The maximum atomic E-state index is 11.3. The molecule has 0 unspecified atom stereocenters. The van der Waals surface area contributed by atoms with Crippen molar-refractivity contribution in [3.8, 4) is 0 Å². The molecule has 1 amide bonds. The molecule has 84 valence electrons. The van der Waals surface area contributed by atoms with Crippen LogP contribution in [0.4, 0.5) is 0 Å². The summed E-state index contributed by atoms with van der Waals surface area (Å²) in [6.07, 6.45) is 6.88. The Hall–Kier alpha value is -1.03. The zero-order chi connectivity index (χ0) is 10.8. The fraction of sp³-hybridized carbons (Fsp3) is 0.727. The maximum absolute atomic E-state index is 11.3. The molecular weight excluding hydrogens is 192 g/mol. The van der Waals surface area contributed by atoms with Crippen molar-refractivity contribution >= 4 is 5.91 Å². The number of nitrogens with one attached hydrogen (secondary N) is 1. The van der Waals surface area contributed by atoms with Gasteiger partial charge in [0.25, 0.3) is 5.91 Å². The van der Waals surface area contributed by atoms with Crippen LogP contribution >= 0.6 is 0 Å². The van der Waals surface area contributed by atoms with E-state index >= 15 is 0 Å². The van der Waals surface area contributed by atoms with E-state index < -0.39 is 6.35 Å². The molecule has 15 heavy (non-hydrogen) atoms. The van der Waals surface area contributed by atoms with Gasteiger partial charge in [0, 0.05) is 17.8 Å². The van der Waals surface area contributed by atoms with Crippen LogP contribution in [0.5, 0.6) is 0 Å². The molecule has 0 aromatic carbocycles. The van der Waals surface area contributed by atoms with Crippen LogP contribution in [0.25, 0.3) is 0 Å². The monoisotopic (exact) mass is 210 g/mol. The summed E-state index contributed by atoms with van der Waals surface area (Å²) >= 11 is 0. The molecule has 2 N–H and O–H groups in total. The van der Waals surface area contributed by atoms with Gasteiger partial charge in [-0.05, 0) is 19.8 Å². The minimum absolute atomic E-state index is 0.172. The minimum Gasteiger partial charge on any atom is -0.356 e. The molecule has 1 saturated carbocycles. The van der Waals surface area contributed by atoms with Gasteiger partial charge < -0.3 is 15.3 Å². The van der Waals surface area contributed by atoms with Gasteiger partial charge in [-0.2, -0.15) is 0 Å². The lowest BCUT2D eigenvalue weighted by Gasteiger charge is -2.39. The molecule has 2 aliphatic rings. The first-order valence-electron chi connectivity index (χ1n) is 5.63. The highest BCUT2D eigenvalue weighted by atomic mass is 16.3. The van der Waals surface area contributed by atoms with Crippen LogP contribution in [0.3, 0.4) is 0 Å². The Bertz CT molecular complexity index is 282. The van der Waals surface area contributed by atoms with E-state index in [9.17, 15) is 9.90 Å². The quantitative estimate of drug-likeness (QED) is 0.677. The van der Waals surface area contributed by atoms with E-state index in [2.05, 4.69) is 5.32 Å². The summed E-state index contributed by atoms with van der Waals surface area (Å²) in [5.41, 5.74) is 0.672. The van der Waals surface area contributed by atoms with Crippen molar-refractivity contribution in [2.75, 3.05) is 0 Å². The Labute approximate surface area is 90.0 Å². The second kappa shape index (κ2) is 4.23. The Morgan fingerprint density at radius 1 is 1.40 bits per heavy atom. The topological polar surface area (TPSA) is 52.6 Å². The fourth-order valence-electron chi connectivity index (χ4n) is 2.34. The normalized spacial score (nSPS) is 28.7. The van der Waals surface area contributed by atoms with Crippen LogP contribution < -0.4 is 5.32 Å². The fourth-order valence-corrected chi connectivity index (χ4v) is 2.34. The van der Waals surface area contributed by atoms with Gasteiger partial charge in [-0.1, -0.05) is 19.3 Å². The Morgan fingerprint density at radius 2 is 2.07 bits per heavy atom. The Kier molecular flexibility index (Phi) is 2.95. The van der Waals surface area contributed by atoms with E-state index in [1.54, 1.807) is 13.1 Å². The zero-order valence-electron chi connectivity index (χ0n) is 9.07. The van der Waals surface area contributed by atoms with Crippen molar-refractivity contribution in [2.45, 2.75) is 51.4 Å². The van der Waals surface area contributed by atoms with Gasteiger partial charge in [0.05, 0.1) is 0 Å². The smallest absolute Gasteiger partial charge is 0.251 e. The van der Waals surface area contributed by atoms with Crippen LogP contribution in [-0.4, -0.2) is 28.3 Å². The standard InChI is InChI=1S/C11H18N2O2/c1-8-7-13(11(15)12-10(8)14)9-5-3-2-4-6-9/h7,9,11,15H,2-6H2,1H3,(H,12,14)/t11-/m1/s1. The molecule has 4 nitrogen and oxygen atoms in total. The van der Waals surface area contributed by atoms with Crippen LogP contribution in [0, 0.1) is 0 Å². The molecule has 0 radical (unpaired) electrons. The van der Waals surface area contributed by atoms with Crippen molar-refractivity contribution < 1.29 is 9.90 Å². The highest BCUT2D eigenvalue weighted by Gasteiger charge is 2.28. The predicted molar refractivity (Wildman–Crippen MR) is 56.6 cm³/mol. The predicted octanol–water partition coefficient (Wildman–Crippen LogP) is 0.931. The number of carbonyl (C=O) groups is 1. The highest BCUT2D eigenvalue weighted by Crippen LogP contribution is 2.25. The molecule has 0 spiro atoms. The molecule has 1 aliphatic carbocycles. The summed E-state index contributed by atoms with van der Waals surface area (Å²) in [5, 5.41) is 12.3. The van der Waals surface area contributed by atoms with Gasteiger partial charge in [0.2, 0.25) is 6.35 Å². The summed E-state index contributed by atoms with van der Waals surface area (Å²) in [6, 6.07) is 0.379. The molecule has 0 saturated heterocycles. The SMILES string of the molecule is CC1=CN(C2CCCCC2)[C@H](O)NC1=O. The lowest BCUT2D eigenvalue weighted by Crippen LogP contribution is -2.53. The van der Waals surface area contributed by atoms with Crippen molar-refractivity contribution in [1.29, 1.82) is 0 Å². The van der Waals surface area contributed by atoms with Crippen molar-refractivity contribution in [3.05, 3.63) is 11.8 Å². The van der Waals surface area contributed by atoms with Crippen LogP contribution in [0.2, 0.25) is 0 Å². The number of aliphatic hydroxyl groups is 1. The number of amides is 1. The molecule has 0 bridgehead atoms. The second-order valence-corrected chi connectivity index (χ2v) is 4.40. The maximum Gasteiger partial charge on any atom is 0.251 e. The van der Waals surface area contributed by atoms with Crippen LogP contribution in [0.15, 0.2) is 11.8 Å². The first-order chi connectivity index (χ1) is 7.18. The van der Waals surface area contributed by atoms with E-state index in [-0.39, 0.29) is 5.91 Å². The largest absolute Gasteiger partial charge is 0.356 e. The van der Waals surface area contributed by atoms with Gasteiger partial charge in [-0.3, -0.25) is 4.79 Å². The van der Waals surface area contributed by atoms with E-state index in [1.807, 2.05) is 4.90 Å². The number of carbonyl (C=O) groups excluding carboxylic acids is 1. The zero-order valence-corrected chi connectivity index (χ0v) is 9.07. The number of hydrogen-bond donors (Lipinski definition) is 2. The first-order valence-corrected chi connectivity index (χ1v) is 5.63. The van der Waals surface area contributed by atoms with Gasteiger partial charge >= 0.3 is 0 Å². The summed E-state index contributed by atoms with van der Waals surface area (Å²) in [5.74, 6) is -0.172. The van der Waals surface area contributed by atoms with Crippen molar-refractivity contribution in [2.24, 2.45) is 0 Å². The Balaban J connectivity index is 2.09. The lowest BCUT2D eigenvalue weighted by atomic mass is 9.94. The van der Waals surface area contributed by atoms with E-state index in [0.717, 1.165) is 12.8 Å². The molecule has 4 heteroatoms. The number of rotatable bonds is 1. The average Bonchev–Trinajstić information content (AvgIpc) is 2.25. The van der Waals surface area contributed by atoms with Gasteiger partial charge in [-0.15, -0.1) is 0 Å². The third kappa shape index (κ3) is 2.15. The third-order valence-corrected chi connectivity index (χ3v) is 3.24. The molecular formula is C11H18N2O2. The third-order valence-electron chi connectivity index (χ3n) is 3.24. The summed E-state index contributed by atoms with van der Waals surface area (Å²) in [7, 11) is 0. The van der Waals surface area contributed by atoms with Gasteiger partial charge in [0.1, 0.15) is 0 Å². The van der Waals surface area contributed by atoms with Crippen LogP contribution in [0.1, 0.15) is 39.0 Å². The van der Waals surface area contributed by atoms with Crippen molar-refractivity contribution in [3.63, 3.8) is 0 Å². The van der Waals surface area contributed by atoms with Gasteiger partial charge in [-0.25, -0.2) is 0 Å². The highest BCUT2D eigenvalue weighted by molar-refractivity contribution is 5.93. The molecule has 2 rings (SSSR count).